The van der Waals surface area contributed by atoms with Crippen LogP contribution in [0.5, 0.6) is 5.75 Å². The Kier molecular flexibility index (Phi) is 3.72. The number of phenolic OH excluding ortho intramolecular Hbond substituents is 1. The van der Waals surface area contributed by atoms with Gasteiger partial charge in [-0.25, -0.2) is 0 Å². The molecule has 0 spiro atoms. The average Bonchev–Trinajstić information content (AvgIpc) is 2.15. The molecule has 0 saturated carbocycles. The molecule has 1 N–H and O–H groups in total. The van der Waals surface area contributed by atoms with Crippen molar-refractivity contribution in [3.8, 4) is 5.75 Å². The van der Waals surface area contributed by atoms with Gasteiger partial charge in [0.2, 0.25) is 0 Å². The summed E-state index contributed by atoms with van der Waals surface area (Å²) in [5, 5.41) is 9.67. The highest BCUT2D eigenvalue weighted by atomic mass is 16.3. The average molecular weight is 219 g/mol. The summed E-state index contributed by atoms with van der Waals surface area (Å²) in [6.45, 7) is 7.97. The van der Waals surface area contributed by atoms with Gasteiger partial charge in [-0.15, -0.1) is 0 Å². The number of aryl methyl sites for hydroxylation is 1. The standard InChI is InChI=1S/C13H17NO2/c1-9(2)8-14(4)13(16)11-6-5-10(3)7-12(11)15/h5-7,15H,1,8H2,2-4H3. The van der Waals surface area contributed by atoms with E-state index in [1.807, 2.05) is 19.9 Å². The summed E-state index contributed by atoms with van der Waals surface area (Å²) in [5.41, 5.74) is 2.16. The number of amides is 1. The lowest BCUT2D eigenvalue weighted by Gasteiger charge is -2.17. The minimum Gasteiger partial charge on any atom is -0.507 e. The molecule has 16 heavy (non-hydrogen) atoms. The van der Waals surface area contributed by atoms with Crippen LogP contribution in [0.2, 0.25) is 0 Å². The maximum Gasteiger partial charge on any atom is 0.257 e. The molecule has 1 rings (SSSR count). The van der Waals surface area contributed by atoms with Gasteiger partial charge in [0.25, 0.3) is 5.91 Å². The van der Waals surface area contributed by atoms with E-state index in [4.69, 9.17) is 0 Å². The van der Waals surface area contributed by atoms with E-state index in [2.05, 4.69) is 6.58 Å². The molecule has 0 atom stereocenters. The van der Waals surface area contributed by atoms with Crippen molar-refractivity contribution in [2.24, 2.45) is 0 Å². The Morgan fingerprint density at radius 2 is 2.12 bits per heavy atom. The zero-order valence-electron chi connectivity index (χ0n) is 9.95. The smallest absolute Gasteiger partial charge is 0.257 e. The zero-order chi connectivity index (χ0) is 12.3. The number of carbonyl (C=O) groups is 1. The minimum atomic E-state index is -0.194. The quantitative estimate of drug-likeness (QED) is 0.793. The summed E-state index contributed by atoms with van der Waals surface area (Å²) in [6.07, 6.45) is 0. The first-order valence-corrected chi connectivity index (χ1v) is 5.11. The highest BCUT2D eigenvalue weighted by molar-refractivity contribution is 5.96. The second kappa shape index (κ2) is 4.84. The Bertz CT molecular complexity index is 424. The van der Waals surface area contributed by atoms with Gasteiger partial charge in [0.05, 0.1) is 5.56 Å². The maximum absolute atomic E-state index is 11.9. The van der Waals surface area contributed by atoms with Crippen molar-refractivity contribution in [1.29, 1.82) is 0 Å². The van der Waals surface area contributed by atoms with E-state index < -0.39 is 0 Å². The fourth-order valence-corrected chi connectivity index (χ4v) is 1.50. The van der Waals surface area contributed by atoms with E-state index in [0.717, 1.165) is 11.1 Å². The molecule has 0 bridgehead atoms. The zero-order valence-corrected chi connectivity index (χ0v) is 9.95. The number of hydrogen-bond acceptors (Lipinski definition) is 2. The molecule has 86 valence electrons. The maximum atomic E-state index is 11.9. The molecule has 0 fully saturated rings. The van der Waals surface area contributed by atoms with Crippen molar-refractivity contribution in [2.45, 2.75) is 13.8 Å². The first-order valence-electron chi connectivity index (χ1n) is 5.11. The summed E-state index contributed by atoms with van der Waals surface area (Å²) in [7, 11) is 1.69. The molecular weight excluding hydrogens is 202 g/mol. The van der Waals surface area contributed by atoms with Crippen LogP contribution in [0, 0.1) is 6.92 Å². The van der Waals surface area contributed by atoms with Gasteiger partial charge in [-0.05, 0) is 31.5 Å². The third-order valence-electron chi connectivity index (χ3n) is 2.24. The predicted molar refractivity (Wildman–Crippen MR) is 64.6 cm³/mol. The van der Waals surface area contributed by atoms with Crippen molar-refractivity contribution in [3.63, 3.8) is 0 Å². The number of hydrogen-bond donors (Lipinski definition) is 1. The van der Waals surface area contributed by atoms with Gasteiger partial charge in [0.1, 0.15) is 5.75 Å². The number of phenols is 1. The van der Waals surface area contributed by atoms with Gasteiger partial charge >= 0.3 is 0 Å². The lowest BCUT2D eigenvalue weighted by molar-refractivity contribution is 0.0804. The van der Waals surface area contributed by atoms with E-state index in [9.17, 15) is 9.90 Å². The second-order valence-electron chi connectivity index (χ2n) is 4.14. The SMILES string of the molecule is C=C(C)CN(C)C(=O)c1ccc(C)cc1O. The van der Waals surface area contributed by atoms with Gasteiger partial charge in [-0.2, -0.15) is 0 Å². The second-order valence-corrected chi connectivity index (χ2v) is 4.14. The van der Waals surface area contributed by atoms with E-state index in [-0.39, 0.29) is 11.7 Å². The molecule has 3 nitrogen and oxygen atoms in total. The van der Waals surface area contributed by atoms with Crippen LogP contribution >= 0.6 is 0 Å². The topological polar surface area (TPSA) is 40.5 Å². The molecule has 0 unspecified atom stereocenters. The number of carbonyl (C=O) groups excluding carboxylic acids is 1. The van der Waals surface area contributed by atoms with Crippen LogP contribution in [-0.4, -0.2) is 29.5 Å². The molecule has 3 heteroatoms. The van der Waals surface area contributed by atoms with E-state index in [1.165, 1.54) is 4.90 Å². The predicted octanol–water partition coefficient (Wildman–Crippen LogP) is 2.35. The van der Waals surface area contributed by atoms with Gasteiger partial charge in [0.15, 0.2) is 0 Å². The molecule has 0 aliphatic rings. The van der Waals surface area contributed by atoms with E-state index in [0.29, 0.717) is 12.1 Å². The van der Waals surface area contributed by atoms with Crippen molar-refractivity contribution in [2.75, 3.05) is 13.6 Å². The number of nitrogens with zero attached hydrogens (tertiary/aromatic N) is 1. The summed E-state index contributed by atoms with van der Waals surface area (Å²) in [5.74, 6) is -0.168. The Hall–Kier alpha value is -1.77. The molecule has 0 heterocycles. The Balaban J connectivity index is 2.92. The fraction of sp³-hybridized carbons (Fsp3) is 0.308. The lowest BCUT2D eigenvalue weighted by atomic mass is 10.1. The summed E-state index contributed by atoms with van der Waals surface area (Å²) in [6, 6.07) is 5.03. The third-order valence-corrected chi connectivity index (χ3v) is 2.24. The van der Waals surface area contributed by atoms with Crippen LogP contribution in [0.1, 0.15) is 22.8 Å². The van der Waals surface area contributed by atoms with Crippen LogP contribution in [0.15, 0.2) is 30.4 Å². The summed E-state index contributed by atoms with van der Waals surface area (Å²) >= 11 is 0. The monoisotopic (exact) mass is 219 g/mol. The van der Waals surface area contributed by atoms with Crippen LogP contribution in [-0.2, 0) is 0 Å². The number of likely N-dealkylation sites (N-methyl/N-ethyl adjacent to an activating group) is 1. The molecule has 0 aliphatic heterocycles. The Labute approximate surface area is 96.0 Å². The molecule has 0 saturated heterocycles. The van der Waals surface area contributed by atoms with Crippen LogP contribution in [0.4, 0.5) is 0 Å². The van der Waals surface area contributed by atoms with Crippen LogP contribution < -0.4 is 0 Å². The summed E-state index contributed by atoms with van der Waals surface area (Å²) < 4.78 is 0. The molecule has 0 aliphatic carbocycles. The van der Waals surface area contributed by atoms with Gasteiger partial charge in [-0.3, -0.25) is 4.79 Å². The molecule has 1 amide bonds. The van der Waals surface area contributed by atoms with E-state index >= 15 is 0 Å². The summed E-state index contributed by atoms with van der Waals surface area (Å²) in [4.78, 5) is 13.5. The lowest BCUT2D eigenvalue weighted by Crippen LogP contribution is -2.28. The van der Waals surface area contributed by atoms with Crippen molar-refractivity contribution >= 4 is 5.91 Å². The Morgan fingerprint density at radius 1 is 1.50 bits per heavy atom. The largest absolute Gasteiger partial charge is 0.507 e. The Morgan fingerprint density at radius 3 is 2.62 bits per heavy atom. The third kappa shape index (κ3) is 2.86. The normalized spacial score (nSPS) is 9.94. The minimum absolute atomic E-state index is 0.0264. The van der Waals surface area contributed by atoms with Crippen molar-refractivity contribution < 1.29 is 9.90 Å². The van der Waals surface area contributed by atoms with E-state index in [1.54, 1.807) is 19.2 Å². The molecule has 1 aromatic carbocycles. The first-order chi connectivity index (χ1) is 7.41. The molecule has 0 radical (unpaired) electrons. The van der Waals surface area contributed by atoms with Crippen molar-refractivity contribution in [1.82, 2.24) is 4.90 Å². The highest BCUT2D eigenvalue weighted by Crippen LogP contribution is 2.19. The van der Waals surface area contributed by atoms with Crippen LogP contribution in [0.25, 0.3) is 0 Å². The number of rotatable bonds is 3. The van der Waals surface area contributed by atoms with Crippen LogP contribution in [0.3, 0.4) is 0 Å². The highest BCUT2D eigenvalue weighted by Gasteiger charge is 2.15. The molecule has 1 aromatic rings. The molecule has 0 aromatic heterocycles. The van der Waals surface area contributed by atoms with Gasteiger partial charge < -0.3 is 10.0 Å². The van der Waals surface area contributed by atoms with Crippen molar-refractivity contribution in [3.05, 3.63) is 41.5 Å². The number of aromatic hydroxyl groups is 1. The van der Waals surface area contributed by atoms with Gasteiger partial charge in [0, 0.05) is 13.6 Å². The number of benzene rings is 1. The molecular formula is C13H17NO2. The first kappa shape index (κ1) is 12.3. The fourth-order valence-electron chi connectivity index (χ4n) is 1.50. The van der Waals surface area contributed by atoms with Gasteiger partial charge in [-0.1, -0.05) is 18.2 Å².